The molecule has 0 bridgehead atoms. The van der Waals surface area contributed by atoms with Crippen molar-refractivity contribution in [2.24, 2.45) is 0 Å². The zero-order valence-electron chi connectivity index (χ0n) is 9.61. The zero-order valence-corrected chi connectivity index (χ0v) is 10.4. The Hall–Kier alpha value is -1.27. The summed E-state index contributed by atoms with van der Waals surface area (Å²) >= 11 is 0. The summed E-state index contributed by atoms with van der Waals surface area (Å²) in [6, 6.07) is 5.07. The van der Waals surface area contributed by atoms with Crippen molar-refractivity contribution in [3.63, 3.8) is 0 Å². The summed E-state index contributed by atoms with van der Waals surface area (Å²) in [7, 11) is -2.12. The van der Waals surface area contributed by atoms with Gasteiger partial charge in [0.05, 0.1) is 5.69 Å². The SMILES string of the molecule is CNS(=O)(=O)c1ccc(NC(C)C)cc1N. The number of hydrogen-bond donors (Lipinski definition) is 3. The number of nitrogen functional groups attached to an aromatic ring is 1. The first-order valence-corrected chi connectivity index (χ1v) is 6.44. The van der Waals surface area contributed by atoms with Gasteiger partial charge in [-0.05, 0) is 39.1 Å². The molecule has 1 rings (SSSR count). The number of hydrogen-bond acceptors (Lipinski definition) is 4. The molecular formula is C10H17N3O2S. The molecule has 0 aliphatic rings. The highest BCUT2D eigenvalue weighted by Crippen LogP contribution is 2.22. The van der Waals surface area contributed by atoms with Crippen molar-refractivity contribution in [2.75, 3.05) is 18.1 Å². The number of anilines is 2. The van der Waals surface area contributed by atoms with Crippen LogP contribution in [0.5, 0.6) is 0 Å². The van der Waals surface area contributed by atoms with E-state index in [2.05, 4.69) is 10.0 Å². The van der Waals surface area contributed by atoms with E-state index in [1.807, 2.05) is 13.8 Å². The van der Waals surface area contributed by atoms with E-state index in [1.165, 1.54) is 13.1 Å². The Bertz CT molecular complexity index is 469. The highest BCUT2D eigenvalue weighted by Gasteiger charge is 2.15. The number of benzene rings is 1. The standard InChI is InChI=1S/C10H17N3O2S/c1-7(2)13-8-4-5-10(9(11)6-8)16(14,15)12-3/h4-7,12-13H,11H2,1-3H3. The Kier molecular flexibility index (Phi) is 3.77. The van der Waals surface area contributed by atoms with Gasteiger partial charge in [-0.1, -0.05) is 0 Å². The average Bonchev–Trinajstić information content (AvgIpc) is 2.16. The van der Waals surface area contributed by atoms with E-state index in [0.29, 0.717) is 0 Å². The molecule has 0 aromatic heterocycles. The maximum atomic E-state index is 11.5. The van der Waals surface area contributed by atoms with Gasteiger partial charge >= 0.3 is 0 Å². The molecule has 0 amide bonds. The van der Waals surface area contributed by atoms with Crippen LogP contribution >= 0.6 is 0 Å². The Morgan fingerprint density at radius 3 is 2.38 bits per heavy atom. The molecule has 90 valence electrons. The van der Waals surface area contributed by atoms with E-state index >= 15 is 0 Å². The molecule has 0 saturated heterocycles. The first-order valence-electron chi connectivity index (χ1n) is 4.96. The van der Waals surface area contributed by atoms with Gasteiger partial charge in [0, 0.05) is 11.7 Å². The molecule has 0 unspecified atom stereocenters. The molecule has 0 radical (unpaired) electrons. The van der Waals surface area contributed by atoms with Gasteiger partial charge in [-0.15, -0.1) is 0 Å². The van der Waals surface area contributed by atoms with Crippen molar-refractivity contribution >= 4 is 21.4 Å². The van der Waals surface area contributed by atoms with E-state index in [4.69, 9.17) is 5.73 Å². The molecule has 1 aromatic rings. The Labute approximate surface area is 96.1 Å². The van der Waals surface area contributed by atoms with Crippen molar-refractivity contribution in [2.45, 2.75) is 24.8 Å². The van der Waals surface area contributed by atoms with Gasteiger partial charge in [-0.2, -0.15) is 0 Å². The molecule has 0 aliphatic carbocycles. The maximum absolute atomic E-state index is 11.5. The summed E-state index contributed by atoms with van der Waals surface area (Å²) in [6.45, 7) is 3.99. The number of rotatable bonds is 4. The molecule has 0 fully saturated rings. The van der Waals surface area contributed by atoms with Crippen LogP contribution in [0.15, 0.2) is 23.1 Å². The molecule has 0 aliphatic heterocycles. The third kappa shape index (κ3) is 2.86. The maximum Gasteiger partial charge on any atom is 0.242 e. The fourth-order valence-corrected chi connectivity index (χ4v) is 2.16. The first kappa shape index (κ1) is 12.8. The second-order valence-corrected chi connectivity index (χ2v) is 5.61. The van der Waals surface area contributed by atoms with Gasteiger partial charge in [-0.3, -0.25) is 0 Å². The normalized spacial score (nSPS) is 11.8. The van der Waals surface area contributed by atoms with Crippen LogP contribution in [0.1, 0.15) is 13.8 Å². The Morgan fingerprint density at radius 2 is 1.94 bits per heavy atom. The van der Waals surface area contributed by atoms with Gasteiger partial charge in [0.15, 0.2) is 0 Å². The summed E-state index contributed by atoms with van der Waals surface area (Å²) in [5, 5.41) is 3.15. The molecule has 1 aromatic carbocycles. The van der Waals surface area contributed by atoms with Gasteiger partial charge in [0.25, 0.3) is 0 Å². The molecule has 4 N–H and O–H groups in total. The smallest absolute Gasteiger partial charge is 0.242 e. The van der Waals surface area contributed by atoms with Crippen molar-refractivity contribution < 1.29 is 8.42 Å². The fraction of sp³-hybridized carbons (Fsp3) is 0.400. The van der Waals surface area contributed by atoms with Crippen LogP contribution in [0.25, 0.3) is 0 Å². The topological polar surface area (TPSA) is 84.2 Å². The van der Waals surface area contributed by atoms with Crippen LogP contribution in [-0.2, 0) is 10.0 Å². The van der Waals surface area contributed by atoms with Crippen molar-refractivity contribution in [1.29, 1.82) is 0 Å². The summed E-state index contributed by atoms with van der Waals surface area (Å²) in [6.07, 6.45) is 0. The van der Waals surface area contributed by atoms with Gasteiger partial charge in [-0.25, -0.2) is 13.1 Å². The quantitative estimate of drug-likeness (QED) is 0.689. The minimum atomic E-state index is -3.48. The van der Waals surface area contributed by atoms with Crippen LogP contribution < -0.4 is 15.8 Å². The molecular weight excluding hydrogens is 226 g/mol. The highest BCUT2D eigenvalue weighted by atomic mass is 32.2. The summed E-state index contributed by atoms with van der Waals surface area (Å²) in [4.78, 5) is 0.101. The van der Waals surface area contributed by atoms with E-state index in [-0.39, 0.29) is 16.6 Å². The van der Waals surface area contributed by atoms with Crippen LogP contribution in [-0.4, -0.2) is 21.5 Å². The molecule has 0 atom stereocenters. The Balaban J connectivity index is 3.10. The average molecular weight is 243 g/mol. The molecule has 16 heavy (non-hydrogen) atoms. The molecule has 0 saturated carbocycles. The van der Waals surface area contributed by atoms with E-state index in [0.717, 1.165) is 5.69 Å². The summed E-state index contributed by atoms with van der Waals surface area (Å²) < 4.78 is 25.3. The number of nitrogens with one attached hydrogen (secondary N) is 2. The minimum absolute atomic E-state index is 0.101. The highest BCUT2D eigenvalue weighted by molar-refractivity contribution is 7.89. The molecule has 6 heteroatoms. The van der Waals surface area contributed by atoms with Crippen molar-refractivity contribution in [3.05, 3.63) is 18.2 Å². The van der Waals surface area contributed by atoms with Crippen molar-refractivity contribution in [1.82, 2.24) is 4.72 Å². The third-order valence-corrected chi connectivity index (χ3v) is 3.51. The summed E-state index contributed by atoms with van der Waals surface area (Å²) in [5.41, 5.74) is 6.74. The number of sulfonamides is 1. The lowest BCUT2D eigenvalue weighted by Gasteiger charge is -2.12. The van der Waals surface area contributed by atoms with Gasteiger partial charge < -0.3 is 11.1 Å². The number of nitrogens with two attached hydrogens (primary N) is 1. The van der Waals surface area contributed by atoms with Crippen LogP contribution in [0.2, 0.25) is 0 Å². The second-order valence-electron chi connectivity index (χ2n) is 3.76. The van der Waals surface area contributed by atoms with Crippen LogP contribution in [0.3, 0.4) is 0 Å². The monoisotopic (exact) mass is 243 g/mol. The predicted octanol–water partition coefficient (Wildman–Crippen LogP) is 0.997. The van der Waals surface area contributed by atoms with Gasteiger partial charge in [0.1, 0.15) is 4.90 Å². The zero-order chi connectivity index (χ0) is 12.3. The summed E-state index contributed by atoms with van der Waals surface area (Å²) in [5.74, 6) is 0. The molecule has 0 spiro atoms. The van der Waals surface area contributed by atoms with E-state index in [1.54, 1.807) is 12.1 Å². The van der Waals surface area contributed by atoms with Crippen LogP contribution in [0, 0.1) is 0 Å². The first-order chi connectivity index (χ1) is 7.36. The predicted molar refractivity (Wildman–Crippen MR) is 65.9 cm³/mol. The molecule has 5 nitrogen and oxygen atoms in total. The lowest BCUT2D eigenvalue weighted by atomic mass is 10.2. The van der Waals surface area contributed by atoms with Crippen molar-refractivity contribution in [3.8, 4) is 0 Å². The lowest BCUT2D eigenvalue weighted by Crippen LogP contribution is -2.20. The minimum Gasteiger partial charge on any atom is -0.398 e. The van der Waals surface area contributed by atoms with Crippen LogP contribution in [0.4, 0.5) is 11.4 Å². The largest absolute Gasteiger partial charge is 0.398 e. The molecule has 0 heterocycles. The third-order valence-electron chi connectivity index (χ3n) is 2.02. The van der Waals surface area contributed by atoms with E-state index in [9.17, 15) is 8.42 Å². The Morgan fingerprint density at radius 1 is 1.31 bits per heavy atom. The van der Waals surface area contributed by atoms with E-state index < -0.39 is 10.0 Å². The lowest BCUT2D eigenvalue weighted by molar-refractivity contribution is 0.588. The van der Waals surface area contributed by atoms with Gasteiger partial charge in [0.2, 0.25) is 10.0 Å². The fourth-order valence-electron chi connectivity index (χ4n) is 1.33. The second kappa shape index (κ2) is 4.71.